The second kappa shape index (κ2) is 19.5. The van der Waals surface area contributed by atoms with Crippen LogP contribution in [0.15, 0.2) is 48.6 Å². The molecule has 1 N–H and O–H groups in total. The molecule has 0 rings (SSSR count). The second-order valence-corrected chi connectivity index (χ2v) is 6.04. The number of hydrogen-bond donors (Lipinski definition) is 1. The van der Waals surface area contributed by atoms with E-state index in [-0.39, 0.29) is 0 Å². The molecule has 0 aliphatic heterocycles. The highest BCUT2D eigenvalue weighted by molar-refractivity contribution is 5.66. The van der Waals surface area contributed by atoms with E-state index < -0.39 is 5.97 Å². The van der Waals surface area contributed by atoms with Crippen LogP contribution < -0.4 is 0 Å². The molecule has 0 aromatic heterocycles. The minimum absolute atomic E-state index is 0.308. The van der Waals surface area contributed by atoms with Crippen molar-refractivity contribution in [3.63, 3.8) is 0 Å². The number of carbonyl (C=O) groups is 1. The fourth-order valence-electron chi connectivity index (χ4n) is 2.30. The van der Waals surface area contributed by atoms with E-state index in [9.17, 15) is 4.79 Å². The normalized spacial score (nSPS) is 12.4. The first kappa shape index (κ1) is 22.4. The first-order chi connectivity index (χ1) is 11.8. The van der Waals surface area contributed by atoms with Gasteiger partial charge in [-0.05, 0) is 64.2 Å². The van der Waals surface area contributed by atoms with Crippen LogP contribution in [0.4, 0.5) is 0 Å². The summed E-state index contributed by atoms with van der Waals surface area (Å²) < 4.78 is 0. The van der Waals surface area contributed by atoms with Crippen molar-refractivity contribution >= 4 is 5.97 Å². The van der Waals surface area contributed by atoms with Crippen molar-refractivity contribution in [1.82, 2.24) is 0 Å². The lowest BCUT2D eigenvalue weighted by molar-refractivity contribution is -0.137. The summed E-state index contributed by atoms with van der Waals surface area (Å²) in [6.07, 6.45) is 30.3. The zero-order valence-electron chi connectivity index (χ0n) is 15.5. The van der Waals surface area contributed by atoms with Gasteiger partial charge in [0.1, 0.15) is 0 Å². The summed E-state index contributed by atoms with van der Waals surface area (Å²) in [5.74, 6) is -0.681. The van der Waals surface area contributed by atoms with Gasteiger partial charge in [0.05, 0.1) is 0 Å². The fraction of sp³-hybridized carbons (Fsp3) is 0.591. The molecule has 0 saturated heterocycles. The zero-order chi connectivity index (χ0) is 17.7. The Morgan fingerprint density at radius 1 is 0.667 bits per heavy atom. The summed E-state index contributed by atoms with van der Waals surface area (Å²) in [5, 5.41) is 8.53. The quantitative estimate of drug-likeness (QED) is 0.244. The zero-order valence-corrected chi connectivity index (χ0v) is 15.5. The van der Waals surface area contributed by atoms with Crippen molar-refractivity contribution in [2.45, 2.75) is 84.0 Å². The van der Waals surface area contributed by atoms with Crippen LogP contribution in [-0.2, 0) is 4.79 Å². The molecule has 24 heavy (non-hydrogen) atoms. The third-order valence-electron chi connectivity index (χ3n) is 3.70. The molecule has 0 aromatic carbocycles. The van der Waals surface area contributed by atoms with Crippen molar-refractivity contribution in [3.05, 3.63) is 48.6 Å². The van der Waals surface area contributed by atoms with Gasteiger partial charge in [-0.3, -0.25) is 4.79 Å². The average molecular weight is 333 g/mol. The monoisotopic (exact) mass is 332 g/mol. The lowest BCUT2D eigenvalue weighted by Gasteiger charge is -1.96. The van der Waals surface area contributed by atoms with E-state index in [0.29, 0.717) is 6.42 Å². The van der Waals surface area contributed by atoms with E-state index in [1.54, 1.807) is 0 Å². The highest BCUT2D eigenvalue weighted by Crippen LogP contribution is 2.06. The van der Waals surface area contributed by atoms with Crippen LogP contribution in [0.25, 0.3) is 0 Å². The van der Waals surface area contributed by atoms with Crippen LogP contribution in [0.1, 0.15) is 84.0 Å². The van der Waals surface area contributed by atoms with Crippen LogP contribution >= 0.6 is 0 Å². The van der Waals surface area contributed by atoms with Crippen LogP contribution in [0, 0.1) is 0 Å². The maximum absolute atomic E-state index is 10.4. The average Bonchev–Trinajstić information content (AvgIpc) is 2.56. The van der Waals surface area contributed by atoms with E-state index in [0.717, 1.165) is 51.4 Å². The van der Waals surface area contributed by atoms with Crippen molar-refractivity contribution in [2.75, 3.05) is 0 Å². The summed E-state index contributed by atoms with van der Waals surface area (Å²) >= 11 is 0. The Bertz CT molecular complexity index is 389. The summed E-state index contributed by atoms with van der Waals surface area (Å²) in [4.78, 5) is 10.4. The second-order valence-electron chi connectivity index (χ2n) is 6.04. The van der Waals surface area contributed by atoms with Gasteiger partial charge in [-0.1, -0.05) is 62.0 Å². The molecule has 0 heterocycles. The van der Waals surface area contributed by atoms with E-state index in [4.69, 9.17) is 5.11 Å². The van der Waals surface area contributed by atoms with Gasteiger partial charge in [0.2, 0.25) is 0 Å². The van der Waals surface area contributed by atoms with Crippen molar-refractivity contribution in [2.24, 2.45) is 0 Å². The predicted molar refractivity (Wildman–Crippen MR) is 105 cm³/mol. The van der Waals surface area contributed by atoms with Gasteiger partial charge in [-0.25, -0.2) is 0 Å². The highest BCUT2D eigenvalue weighted by atomic mass is 16.4. The van der Waals surface area contributed by atoms with Crippen molar-refractivity contribution < 1.29 is 9.90 Å². The molecule has 0 bridgehead atoms. The standard InChI is InChI=1S/C22H36O2/c1-2-3-4-5-6-7-8-9-10-11-12-13-14-15-16-17-18-19-20-21-22(23)24/h3-4,6-7,9-10,15-16H,2,5,8,11-14,17-21H2,1H3,(H,23,24)/b4-3-,7-6-,10-9-,16-15-. The van der Waals surface area contributed by atoms with Crippen LogP contribution in [0.5, 0.6) is 0 Å². The SMILES string of the molecule is CC/C=C\C/C=C\C/C=C\CCCC/C=C\CCCCCC(=O)O. The summed E-state index contributed by atoms with van der Waals surface area (Å²) in [5.41, 5.74) is 0. The Morgan fingerprint density at radius 3 is 1.67 bits per heavy atom. The maximum Gasteiger partial charge on any atom is 0.303 e. The third-order valence-corrected chi connectivity index (χ3v) is 3.70. The van der Waals surface area contributed by atoms with E-state index in [2.05, 4.69) is 55.5 Å². The molecular weight excluding hydrogens is 296 g/mol. The first-order valence-electron chi connectivity index (χ1n) is 9.59. The van der Waals surface area contributed by atoms with Crippen LogP contribution in [-0.4, -0.2) is 11.1 Å². The molecule has 0 saturated carbocycles. The van der Waals surface area contributed by atoms with E-state index >= 15 is 0 Å². The third kappa shape index (κ3) is 20.4. The van der Waals surface area contributed by atoms with Gasteiger partial charge in [-0.2, -0.15) is 0 Å². The number of carboxylic acid groups (broad SMARTS) is 1. The van der Waals surface area contributed by atoms with Gasteiger partial charge in [-0.15, -0.1) is 0 Å². The molecule has 0 aliphatic rings. The number of unbranched alkanes of at least 4 members (excludes halogenated alkanes) is 6. The Balaban J connectivity index is 3.29. The Hall–Kier alpha value is -1.57. The Labute approximate surface area is 149 Å². The Kier molecular flexibility index (Phi) is 18.2. The molecule has 0 amide bonds. The van der Waals surface area contributed by atoms with Gasteiger partial charge in [0.15, 0.2) is 0 Å². The number of rotatable bonds is 16. The molecule has 0 atom stereocenters. The number of aliphatic carboxylic acids is 1. The molecule has 136 valence electrons. The maximum atomic E-state index is 10.4. The summed E-state index contributed by atoms with van der Waals surface area (Å²) in [6.45, 7) is 2.16. The predicted octanol–water partition coefficient (Wildman–Crippen LogP) is 7.00. The largest absolute Gasteiger partial charge is 0.481 e. The fourth-order valence-corrected chi connectivity index (χ4v) is 2.30. The molecule has 2 nitrogen and oxygen atoms in total. The van der Waals surface area contributed by atoms with Gasteiger partial charge in [0.25, 0.3) is 0 Å². The topological polar surface area (TPSA) is 37.3 Å². The van der Waals surface area contributed by atoms with Crippen LogP contribution in [0.2, 0.25) is 0 Å². The Morgan fingerprint density at radius 2 is 1.12 bits per heavy atom. The van der Waals surface area contributed by atoms with Gasteiger partial charge in [0, 0.05) is 6.42 Å². The number of carboxylic acids is 1. The molecule has 0 aromatic rings. The smallest absolute Gasteiger partial charge is 0.303 e. The van der Waals surface area contributed by atoms with E-state index in [1.165, 1.54) is 19.3 Å². The van der Waals surface area contributed by atoms with Crippen molar-refractivity contribution in [3.8, 4) is 0 Å². The molecule has 0 unspecified atom stereocenters. The summed E-state index contributed by atoms with van der Waals surface area (Å²) in [7, 11) is 0. The lowest BCUT2D eigenvalue weighted by atomic mass is 10.1. The van der Waals surface area contributed by atoms with E-state index in [1.807, 2.05) is 0 Å². The minimum atomic E-state index is -0.681. The summed E-state index contributed by atoms with van der Waals surface area (Å²) in [6, 6.07) is 0. The molecule has 0 radical (unpaired) electrons. The van der Waals surface area contributed by atoms with Crippen molar-refractivity contribution in [1.29, 1.82) is 0 Å². The van der Waals surface area contributed by atoms with Crippen LogP contribution in [0.3, 0.4) is 0 Å². The van der Waals surface area contributed by atoms with Gasteiger partial charge < -0.3 is 5.11 Å². The van der Waals surface area contributed by atoms with Gasteiger partial charge >= 0.3 is 5.97 Å². The molecule has 0 aliphatic carbocycles. The lowest BCUT2D eigenvalue weighted by Crippen LogP contribution is -1.93. The number of allylic oxidation sites excluding steroid dienone is 8. The molecule has 0 fully saturated rings. The highest BCUT2D eigenvalue weighted by Gasteiger charge is 1.94. The number of hydrogen-bond acceptors (Lipinski definition) is 1. The molecule has 2 heteroatoms. The minimum Gasteiger partial charge on any atom is -0.481 e. The molecular formula is C22H36O2. The first-order valence-corrected chi connectivity index (χ1v) is 9.59. The molecule has 0 spiro atoms.